The van der Waals surface area contributed by atoms with E-state index in [1.807, 2.05) is 0 Å². The summed E-state index contributed by atoms with van der Waals surface area (Å²) >= 11 is 0. The van der Waals surface area contributed by atoms with Gasteiger partial charge >= 0.3 is 0 Å². The van der Waals surface area contributed by atoms with Gasteiger partial charge in [0.25, 0.3) is 0 Å². The molecule has 0 atom stereocenters. The van der Waals surface area contributed by atoms with Gasteiger partial charge in [-0.3, -0.25) is 4.79 Å². The number of rotatable bonds is 5. The van der Waals surface area contributed by atoms with Crippen LogP contribution < -0.4 is 11.1 Å². The Bertz CT molecular complexity index is 266. The molecule has 0 aliphatic heterocycles. The van der Waals surface area contributed by atoms with Crippen molar-refractivity contribution in [3.63, 3.8) is 0 Å². The van der Waals surface area contributed by atoms with Gasteiger partial charge in [0.05, 0.1) is 5.41 Å². The summed E-state index contributed by atoms with van der Waals surface area (Å²) in [5.41, 5.74) is 5.66. The first-order valence-electron chi connectivity index (χ1n) is 7.75. The molecule has 104 valence electrons. The molecule has 2 aliphatic rings. The lowest BCUT2D eigenvalue weighted by molar-refractivity contribution is -0.131. The highest BCUT2D eigenvalue weighted by molar-refractivity contribution is 5.82. The molecule has 2 saturated carbocycles. The molecule has 3 heteroatoms. The maximum Gasteiger partial charge on any atom is 0.227 e. The molecule has 3 N–H and O–H groups in total. The summed E-state index contributed by atoms with van der Waals surface area (Å²) in [5.74, 6) is 1.10. The molecule has 0 radical (unpaired) electrons. The van der Waals surface area contributed by atoms with Crippen LogP contribution in [0, 0.1) is 11.3 Å². The van der Waals surface area contributed by atoms with E-state index in [0.717, 1.165) is 44.6 Å². The molecule has 1 amide bonds. The SMILES string of the molecule is NCC1(C(=O)NCCC2CCC2)CCCCCC1. The average molecular weight is 252 g/mol. The zero-order chi connectivity index (χ0) is 12.8. The van der Waals surface area contributed by atoms with Gasteiger partial charge in [-0.2, -0.15) is 0 Å². The van der Waals surface area contributed by atoms with Crippen LogP contribution in [-0.4, -0.2) is 19.0 Å². The van der Waals surface area contributed by atoms with Crippen molar-refractivity contribution >= 4 is 5.91 Å². The minimum Gasteiger partial charge on any atom is -0.356 e. The lowest BCUT2D eigenvalue weighted by Crippen LogP contribution is -2.46. The molecule has 0 heterocycles. The number of nitrogens with one attached hydrogen (secondary N) is 1. The quantitative estimate of drug-likeness (QED) is 0.739. The Morgan fingerprint density at radius 1 is 1.11 bits per heavy atom. The van der Waals surface area contributed by atoms with Crippen molar-refractivity contribution in [1.29, 1.82) is 0 Å². The molecular weight excluding hydrogens is 224 g/mol. The zero-order valence-corrected chi connectivity index (χ0v) is 11.5. The number of hydrogen-bond donors (Lipinski definition) is 2. The van der Waals surface area contributed by atoms with E-state index in [1.54, 1.807) is 0 Å². The molecule has 0 bridgehead atoms. The van der Waals surface area contributed by atoms with Crippen molar-refractivity contribution in [1.82, 2.24) is 5.32 Å². The van der Waals surface area contributed by atoms with Gasteiger partial charge in [0.15, 0.2) is 0 Å². The Kier molecular flexibility index (Phi) is 5.04. The third-order valence-corrected chi connectivity index (χ3v) is 5.00. The number of nitrogens with two attached hydrogens (primary N) is 1. The fourth-order valence-electron chi connectivity index (χ4n) is 3.29. The summed E-state index contributed by atoms with van der Waals surface area (Å²) in [4.78, 5) is 12.4. The number of amides is 1. The Balaban J connectivity index is 1.79. The van der Waals surface area contributed by atoms with Gasteiger partial charge in [0.2, 0.25) is 5.91 Å². The van der Waals surface area contributed by atoms with Crippen molar-refractivity contribution in [2.45, 2.75) is 64.2 Å². The lowest BCUT2D eigenvalue weighted by Gasteiger charge is -2.31. The van der Waals surface area contributed by atoms with Crippen molar-refractivity contribution < 1.29 is 4.79 Å². The molecule has 0 aromatic carbocycles. The van der Waals surface area contributed by atoms with Crippen LogP contribution in [0.5, 0.6) is 0 Å². The Morgan fingerprint density at radius 2 is 1.78 bits per heavy atom. The van der Waals surface area contributed by atoms with Crippen molar-refractivity contribution in [2.75, 3.05) is 13.1 Å². The smallest absolute Gasteiger partial charge is 0.227 e. The molecule has 0 aromatic heterocycles. The topological polar surface area (TPSA) is 55.1 Å². The van der Waals surface area contributed by atoms with E-state index >= 15 is 0 Å². The van der Waals surface area contributed by atoms with Crippen LogP contribution >= 0.6 is 0 Å². The Hall–Kier alpha value is -0.570. The van der Waals surface area contributed by atoms with Gasteiger partial charge in [0, 0.05) is 13.1 Å². The van der Waals surface area contributed by atoms with E-state index in [0.29, 0.717) is 6.54 Å². The highest BCUT2D eigenvalue weighted by Gasteiger charge is 2.36. The maximum absolute atomic E-state index is 12.4. The monoisotopic (exact) mass is 252 g/mol. The van der Waals surface area contributed by atoms with E-state index in [4.69, 9.17) is 5.73 Å². The molecule has 2 rings (SSSR count). The molecule has 0 aromatic rings. The molecule has 3 nitrogen and oxygen atoms in total. The van der Waals surface area contributed by atoms with Gasteiger partial charge < -0.3 is 11.1 Å². The highest BCUT2D eigenvalue weighted by atomic mass is 16.2. The summed E-state index contributed by atoms with van der Waals surface area (Å²) < 4.78 is 0. The maximum atomic E-state index is 12.4. The van der Waals surface area contributed by atoms with E-state index < -0.39 is 0 Å². The predicted octanol–water partition coefficient (Wildman–Crippen LogP) is 2.59. The van der Waals surface area contributed by atoms with E-state index in [9.17, 15) is 4.79 Å². The third kappa shape index (κ3) is 3.25. The van der Waals surface area contributed by atoms with Crippen molar-refractivity contribution in [3.8, 4) is 0 Å². The Labute approximate surface area is 111 Å². The lowest BCUT2D eigenvalue weighted by atomic mass is 9.79. The van der Waals surface area contributed by atoms with E-state index in [1.165, 1.54) is 32.1 Å². The van der Waals surface area contributed by atoms with E-state index in [-0.39, 0.29) is 11.3 Å². The first-order valence-corrected chi connectivity index (χ1v) is 7.75. The van der Waals surface area contributed by atoms with Crippen LogP contribution in [0.3, 0.4) is 0 Å². The fourth-order valence-corrected chi connectivity index (χ4v) is 3.29. The summed E-state index contributed by atoms with van der Waals surface area (Å²) in [6.07, 6.45) is 12.1. The highest BCUT2D eigenvalue weighted by Crippen LogP contribution is 2.34. The number of carbonyl (C=O) groups excluding carboxylic acids is 1. The average Bonchev–Trinajstić information content (AvgIpc) is 2.58. The standard InChI is InChI=1S/C15H28N2O/c16-12-15(9-3-1-2-4-10-15)14(18)17-11-8-13-6-5-7-13/h13H,1-12,16H2,(H,17,18). The van der Waals surface area contributed by atoms with Gasteiger partial charge in [-0.1, -0.05) is 44.9 Å². The second-order valence-corrected chi connectivity index (χ2v) is 6.24. The second-order valence-electron chi connectivity index (χ2n) is 6.24. The molecule has 2 aliphatic carbocycles. The zero-order valence-electron chi connectivity index (χ0n) is 11.5. The molecule has 18 heavy (non-hydrogen) atoms. The number of carbonyl (C=O) groups is 1. The molecule has 0 unspecified atom stereocenters. The molecular formula is C15H28N2O. The summed E-state index contributed by atoms with van der Waals surface area (Å²) in [5, 5.41) is 3.15. The van der Waals surface area contributed by atoms with Crippen molar-refractivity contribution in [2.24, 2.45) is 17.1 Å². The number of hydrogen-bond acceptors (Lipinski definition) is 2. The Morgan fingerprint density at radius 3 is 2.28 bits per heavy atom. The minimum absolute atomic E-state index is 0.228. The minimum atomic E-state index is -0.254. The summed E-state index contributed by atoms with van der Waals surface area (Å²) in [7, 11) is 0. The van der Waals surface area contributed by atoms with Gasteiger partial charge in [-0.05, 0) is 25.2 Å². The molecule has 0 spiro atoms. The van der Waals surface area contributed by atoms with E-state index in [2.05, 4.69) is 5.32 Å². The van der Waals surface area contributed by atoms with Crippen LogP contribution in [0.2, 0.25) is 0 Å². The van der Waals surface area contributed by atoms with Crippen LogP contribution in [0.1, 0.15) is 64.2 Å². The molecule has 2 fully saturated rings. The molecule has 0 saturated heterocycles. The first kappa shape index (κ1) is 13.9. The largest absolute Gasteiger partial charge is 0.356 e. The summed E-state index contributed by atoms with van der Waals surface area (Å²) in [6.45, 7) is 1.37. The fraction of sp³-hybridized carbons (Fsp3) is 0.933. The van der Waals surface area contributed by atoms with Crippen LogP contribution in [0.4, 0.5) is 0 Å². The van der Waals surface area contributed by atoms with Crippen LogP contribution in [0.15, 0.2) is 0 Å². The normalized spacial score (nSPS) is 24.1. The van der Waals surface area contributed by atoms with Crippen molar-refractivity contribution in [3.05, 3.63) is 0 Å². The van der Waals surface area contributed by atoms with Gasteiger partial charge in [0.1, 0.15) is 0 Å². The van der Waals surface area contributed by atoms with Crippen LogP contribution in [0.25, 0.3) is 0 Å². The summed E-state index contributed by atoms with van der Waals surface area (Å²) in [6, 6.07) is 0. The second kappa shape index (κ2) is 6.55. The van der Waals surface area contributed by atoms with Gasteiger partial charge in [-0.25, -0.2) is 0 Å². The van der Waals surface area contributed by atoms with Crippen LogP contribution in [-0.2, 0) is 4.79 Å². The first-order chi connectivity index (χ1) is 8.77. The predicted molar refractivity (Wildman–Crippen MR) is 74.2 cm³/mol. The third-order valence-electron chi connectivity index (χ3n) is 5.00. The van der Waals surface area contributed by atoms with Gasteiger partial charge in [-0.15, -0.1) is 0 Å².